The molecule has 1 rings (SSSR count). The molecule has 0 aliphatic heterocycles. The molecule has 0 amide bonds. The zero-order valence-electron chi connectivity index (χ0n) is 5.94. The van der Waals surface area contributed by atoms with Gasteiger partial charge in [-0.05, 0) is 12.3 Å². The molecule has 1 aromatic rings. The van der Waals surface area contributed by atoms with Crippen molar-refractivity contribution in [3.8, 4) is 0 Å². The van der Waals surface area contributed by atoms with Crippen molar-refractivity contribution >= 4 is 34.2 Å². The second-order valence-corrected chi connectivity index (χ2v) is 3.17. The fourth-order valence-electron chi connectivity index (χ4n) is 0.506. The quantitative estimate of drug-likeness (QED) is 0.672. The van der Waals surface area contributed by atoms with E-state index < -0.39 is 0 Å². The van der Waals surface area contributed by atoms with Crippen LogP contribution in [0.4, 0.5) is 5.95 Å². The highest BCUT2D eigenvalue weighted by Gasteiger charge is 1.94. The Morgan fingerprint density at radius 3 is 2.73 bits per heavy atom. The minimum Gasteiger partial charge on any atom is -0.310 e. The fraction of sp³-hybridized carbons (Fsp3) is 0.167. The van der Waals surface area contributed by atoms with Crippen molar-refractivity contribution in [2.24, 2.45) is 0 Å². The van der Waals surface area contributed by atoms with E-state index in [2.05, 4.69) is 15.3 Å². The van der Waals surface area contributed by atoms with Gasteiger partial charge in [0.05, 0.1) is 0 Å². The normalized spacial score (nSPS) is 9.18. The molecule has 0 spiro atoms. The van der Waals surface area contributed by atoms with Gasteiger partial charge in [0.15, 0.2) is 0 Å². The molecule has 58 valence electrons. The van der Waals surface area contributed by atoms with Crippen LogP contribution >= 0.6 is 24.0 Å². The van der Waals surface area contributed by atoms with Gasteiger partial charge >= 0.3 is 0 Å². The number of hydrogen-bond acceptors (Lipinski definition) is 4. The van der Waals surface area contributed by atoms with Crippen LogP contribution in [0.5, 0.6) is 0 Å². The Labute approximate surface area is 74.6 Å². The van der Waals surface area contributed by atoms with Gasteiger partial charge < -0.3 is 5.32 Å². The van der Waals surface area contributed by atoms with E-state index in [1.807, 2.05) is 6.26 Å². The van der Waals surface area contributed by atoms with Crippen LogP contribution < -0.4 is 5.32 Å². The second kappa shape index (κ2) is 4.25. The Morgan fingerprint density at radius 1 is 1.55 bits per heavy atom. The molecule has 0 saturated carbocycles. The van der Waals surface area contributed by atoms with E-state index in [9.17, 15) is 0 Å². The van der Waals surface area contributed by atoms with Gasteiger partial charge in [0.2, 0.25) is 5.95 Å². The molecule has 5 heteroatoms. The van der Waals surface area contributed by atoms with Crippen molar-refractivity contribution in [3.63, 3.8) is 0 Å². The summed E-state index contributed by atoms with van der Waals surface area (Å²) in [5.74, 6) is 0.548. The molecule has 0 aromatic carbocycles. The van der Waals surface area contributed by atoms with Crippen molar-refractivity contribution in [3.05, 3.63) is 18.5 Å². The Kier molecular flexibility index (Phi) is 3.25. The van der Waals surface area contributed by atoms with Crippen LogP contribution in [0, 0.1) is 0 Å². The van der Waals surface area contributed by atoms with E-state index in [1.165, 1.54) is 11.8 Å². The van der Waals surface area contributed by atoms with E-state index in [1.54, 1.807) is 18.5 Å². The standard InChI is InChI=1S/C6H7N3S2/c1-11-6(10)9-5-7-3-2-4-8-5/h2-4H,1H3,(H,7,8,9,10). The van der Waals surface area contributed by atoms with Gasteiger partial charge in [0, 0.05) is 12.4 Å². The Hall–Kier alpha value is -0.680. The number of nitrogens with one attached hydrogen (secondary N) is 1. The molecule has 0 saturated heterocycles. The van der Waals surface area contributed by atoms with Crippen LogP contribution in [0.25, 0.3) is 0 Å². The average Bonchev–Trinajstić information content (AvgIpc) is 2.06. The Morgan fingerprint density at radius 2 is 2.18 bits per heavy atom. The molecular weight excluding hydrogens is 178 g/mol. The molecule has 0 aliphatic rings. The number of thiocarbonyl (C=S) groups is 1. The number of aromatic nitrogens is 2. The Balaban J connectivity index is 2.58. The summed E-state index contributed by atoms with van der Waals surface area (Å²) in [5, 5.41) is 2.86. The van der Waals surface area contributed by atoms with Crippen molar-refractivity contribution in [1.29, 1.82) is 0 Å². The lowest BCUT2D eigenvalue weighted by Gasteiger charge is -2.00. The molecule has 1 aromatic heterocycles. The van der Waals surface area contributed by atoms with Gasteiger partial charge in [-0.2, -0.15) is 0 Å². The zero-order valence-corrected chi connectivity index (χ0v) is 7.58. The van der Waals surface area contributed by atoms with Gasteiger partial charge in [0.25, 0.3) is 0 Å². The first-order valence-electron chi connectivity index (χ1n) is 2.95. The van der Waals surface area contributed by atoms with Crippen LogP contribution in [0.15, 0.2) is 18.5 Å². The summed E-state index contributed by atoms with van der Waals surface area (Å²) in [6.07, 6.45) is 5.23. The molecule has 1 heterocycles. The SMILES string of the molecule is CSC(=S)Nc1ncccn1. The van der Waals surface area contributed by atoms with Gasteiger partial charge in [-0.1, -0.05) is 12.2 Å². The topological polar surface area (TPSA) is 37.8 Å². The minimum atomic E-state index is 0.548. The first-order valence-corrected chi connectivity index (χ1v) is 4.58. The summed E-state index contributed by atoms with van der Waals surface area (Å²) in [6.45, 7) is 0. The van der Waals surface area contributed by atoms with E-state index in [4.69, 9.17) is 12.2 Å². The van der Waals surface area contributed by atoms with E-state index in [0.717, 1.165) is 0 Å². The smallest absolute Gasteiger partial charge is 0.228 e. The Bertz CT molecular complexity index is 237. The minimum absolute atomic E-state index is 0.548. The maximum Gasteiger partial charge on any atom is 0.228 e. The average molecular weight is 185 g/mol. The summed E-state index contributed by atoms with van der Waals surface area (Å²) < 4.78 is 0.677. The summed E-state index contributed by atoms with van der Waals surface area (Å²) >= 11 is 6.37. The molecule has 3 nitrogen and oxygen atoms in total. The molecule has 0 unspecified atom stereocenters. The molecule has 0 bridgehead atoms. The largest absolute Gasteiger partial charge is 0.310 e. The maximum absolute atomic E-state index is 4.91. The monoisotopic (exact) mass is 185 g/mol. The molecule has 11 heavy (non-hydrogen) atoms. The summed E-state index contributed by atoms with van der Waals surface area (Å²) in [6, 6.07) is 1.76. The van der Waals surface area contributed by atoms with Crippen LogP contribution in [-0.2, 0) is 0 Å². The van der Waals surface area contributed by atoms with Gasteiger partial charge in [0.1, 0.15) is 4.32 Å². The highest BCUT2D eigenvalue weighted by atomic mass is 32.2. The van der Waals surface area contributed by atoms with Crippen LogP contribution in [0.3, 0.4) is 0 Å². The molecule has 1 N–H and O–H groups in total. The lowest BCUT2D eigenvalue weighted by Crippen LogP contribution is -2.06. The van der Waals surface area contributed by atoms with Crippen molar-refractivity contribution < 1.29 is 0 Å². The maximum atomic E-state index is 4.91. The number of rotatable bonds is 1. The third-order valence-corrected chi connectivity index (χ3v) is 2.04. The number of thioether (sulfide) groups is 1. The third-order valence-electron chi connectivity index (χ3n) is 0.965. The first kappa shape index (κ1) is 8.42. The number of anilines is 1. The van der Waals surface area contributed by atoms with Gasteiger partial charge in [-0.25, -0.2) is 9.97 Å². The highest BCUT2D eigenvalue weighted by Crippen LogP contribution is 2.01. The van der Waals surface area contributed by atoms with E-state index in [0.29, 0.717) is 10.3 Å². The van der Waals surface area contributed by atoms with Crippen LogP contribution in [0.1, 0.15) is 0 Å². The van der Waals surface area contributed by atoms with Gasteiger partial charge in [-0.15, -0.1) is 11.8 Å². The summed E-state index contributed by atoms with van der Waals surface area (Å²) in [5.41, 5.74) is 0. The van der Waals surface area contributed by atoms with Crippen LogP contribution in [0.2, 0.25) is 0 Å². The molecule has 0 radical (unpaired) electrons. The van der Waals surface area contributed by atoms with Crippen molar-refractivity contribution in [2.75, 3.05) is 11.6 Å². The zero-order chi connectivity index (χ0) is 8.10. The lowest BCUT2D eigenvalue weighted by molar-refractivity contribution is 1.18. The van der Waals surface area contributed by atoms with Crippen LogP contribution in [-0.4, -0.2) is 20.5 Å². The predicted molar refractivity (Wildman–Crippen MR) is 51.8 cm³/mol. The first-order chi connectivity index (χ1) is 5.33. The summed E-state index contributed by atoms with van der Waals surface area (Å²) in [4.78, 5) is 7.89. The second-order valence-electron chi connectivity index (χ2n) is 1.69. The van der Waals surface area contributed by atoms with Crippen molar-refractivity contribution in [1.82, 2.24) is 9.97 Å². The molecule has 0 aliphatic carbocycles. The highest BCUT2D eigenvalue weighted by molar-refractivity contribution is 8.22. The third kappa shape index (κ3) is 2.81. The fourth-order valence-corrected chi connectivity index (χ4v) is 0.791. The molecule has 0 fully saturated rings. The van der Waals surface area contributed by atoms with Gasteiger partial charge in [-0.3, -0.25) is 0 Å². The number of hydrogen-bond donors (Lipinski definition) is 1. The predicted octanol–water partition coefficient (Wildman–Crippen LogP) is 1.54. The van der Waals surface area contributed by atoms with E-state index in [-0.39, 0.29) is 0 Å². The van der Waals surface area contributed by atoms with Crippen molar-refractivity contribution in [2.45, 2.75) is 0 Å². The van der Waals surface area contributed by atoms with E-state index >= 15 is 0 Å². The summed E-state index contributed by atoms with van der Waals surface area (Å²) in [7, 11) is 0. The molecule has 0 atom stereocenters. The number of nitrogens with zero attached hydrogens (tertiary/aromatic N) is 2. The lowest BCUT2D eigenvalue weighted by atomic mass is 10.7. The molecular formula is C6H7N3S2.